The lowest BCUT2D eigenvalue weighted by Crippen LogP contribution is -2.23. The Balaban J connectivity index is 1.90. The molecule has 5 heteroatoms. The molecule has 1 fully saturated rings. The Morgan fingerprint density at radius 3 is 2.89 bits per heavy atom. The molecule has 5 nitrogen and oxygen atoms in total. The molecule has 1 aliphatic heterocycles. The van der Waals surface area contributed by atoms with Crippen molar-refractivity contribution in [3.63, 3.8) is 0 Å². The second-order valence-electron chi connectivity index (χ2n) is 5.18. The maximum absolute atomic E-state index is 4.52. The highest BCUT2D eigenvalue weighted by Crippen LogP contribution is 2.18. The fraction of sp³-hybridized carbons (Fsp3) is 0.714. The summed E-state index contributed by atoms with van der Waals surface area (Å²) in [5.41, 5.74) is 1.10. The number of anilines is 2. The van der Waals surface area contributed by atoms with E-state index >= 15 is 0 Å². The molecule has 1 aromatic rings. The molecule has 2 N–H and O–H groups in total. The summed E-state index contributed by atoms with van der Waals surface area (Å²) in [7, 11) is 0. The van der Waals surface area contributed by atoms with Crippen LogP contribution < -0.4 is 10.6 Å². The van der Waals surface area contributed by atoms with Crippen molar-refractivity contribution in [1.82, 2.24) is 14.9 Å². The molecule has 19 heavy (non-hydrogen) atoms. The van der Waals surface area contributed by atoms with Crippen molar-refractivity contribution in [2.45, 2.75) is 27.2 Å². The van der Waals surface area contributed by atoms with Crippen LogP contribution in [-0.2, 0) is 0 Å². The summed E-state index contributed by atoms with van der Waals surface area (Å²) < 4.78 is 0. The molecule has 0 aliphatic carbocycles. The Morgan fingerprint density at radius 2 is 2.21 bits per heavy atom. The highest BCUT2D eigenvalue weighted by molar-refractivity contribution is 5.46. The molecule has 1 aromatic heterocycles. The SMILES string of the molecule is CCNc1ncc(C)c(NCC2CCN(CC)C2)n1. The molecule has 2 heterocycles. The largest absolute Gasteiger partial charge is 0.369 e. The Bertz CT molecular complexity index is 407. The summed E-state index contributed by atoms with van der Waals surface area (Å²) in [5, 5.41) is 6.63. The number of likely N-dealkylation sites (tertiary alicyclic amines) is 1. The van der Waals surface area contributed by atoms with Gasteiger partial charge in [0.25, 0.3) is 0 Å². The number of nitrogens with zero attached hydrogens (tertiary/aromatic N) is 3. The van der Waals surface area contributed by atoms with Crippen LogP contribution in [0.1, 0.15) is 25.8 Å². The molecule has 1 atom stereocenters. The van der Waals surface area contributed by atoms with Gasteiger partial charge in [-0.1, -0.05) is 6.92 Å². The summed E-state index contributed by atoms with van der Waals surface area (Å²) in [4.78, 5) is 11.3. The van der Waals surface area contributed by atoms with Gasteiger partial charge in [0.05, 0.1) is 0 Å². The normalized spacial score (nSPS) is 19.6. The minimum Gasteiger partial charge on any atom is -0.369 e. The third kappa shape index (κ3) is 3.80. The summed E-state index contributed by atoms with van der Waals surface area (Å²) in [6.07, 6.45) is 3.16. The van der Waals surface area contributed by atoms with Gasteiger partial charge in [0, 0.05) is 31.4 Å². The average molecular weight is 263 g/mol. The lowest BCUT2D eigenvalue weighted by molar-refractivity contribution is 0.345. The van der Waals surface area contributed by atoms with Crippen molar-refractivity contribution < 1.29 is 0 Å². The minimum absolute atomic E-state index is 0.706. The maximum atomic E-state index is 4.52. The van der Waals surface area contributed by atoms with Gasteiger partial charge in [-0.05, 0) is 39.3 Å². The maximum Gasteiger partial charge on any atom is 0.224 e. The second-order valence-corrected chi connectivity index (χ2v) is 5.18. The fourth-order valence-corrected chi connectivity index (χ4v) is 2.47. The minimum atomic E-state index is 0.706. The molecule has 2 rings (SSSR count). The molecule has 0 radical (unpaired) electrons. The molecule has 0 bridgehead atoms. The van der Waals surface area contributed by atoms with Crippen LogP contribution in [-0.4, -0.2) is 47.6 Å². The van der Waals surface area contributed by atoms with E-state index in [4.69, 9.17) is 0 Å². The third-order valence-corrected chi connectivity index (χ3v) is 3.68. The molecule has 0 aromatic carbocycles. The van der Waals surface area contributed by atoms with E-state index < -0.39 is 0 Å². The molecule has 0 saturated carbocycles. The van der Waals surface area contributed by atoms with Crippen LogP contribution in [0.4, 0.5) is 11.8 Å². The van der Waals surface area contributed by atoms with Gasteiger partial charge in [-0.2, -0.15) is 4.98 Å². The van der Waals surface area contributed by atoms with Gasteiger partial charge in [0.1, 0.15) is 5.82 Å². The first-order chi connectivity index (χ1) is 9.22. The molecule has 1 saturated heterocycles. The quantitative estimate of drug-likeness (QED) is 0.822. The monoisotopic (exact) mass is 263 g/mol. The van der Waals surface area contributed by atoms with Crippen LogP contribution in [0.5, 0.6) is 0 Å². The van der Waals surface area contributed by atoms with E-state index in [1.54, 1.807) is 0 Å². The predicted octanol–water partition coefficient (Wildman–Crippen LogP) is 1.97. The highest BCUT2D eigenvalue weighted by atomic mass is 15.2. The van der Waals surface area contributed by atoms with E-state index in [9.17, 15) is 0 Å². The molecule has 0 amide bonds. The third-order valence-electron chi connectivity index (χ3n) is 3.68. The van der Waals surface area contributed by atoms with Crippen LogP contribution in [0.25, 0.3) is 0 Å². The lowest BCUT2D eigenvalue weighted by atomic mass is 10.1. The van der Waals surface area contributed by atoms with Gasteiger partial charge in [-0.25, -0.2) is 4.98 Å². The standard InChI is InChI=1S/C14H25N5/c1-4-15-14-17-8-11(3)13(18-14)16-9-12-6-7-19(5-2)10-12/h8,12H,4-7,9-10H2,1-3H3,(H2,15,16,17,18). The summed E-state index contributed by atoms with van der Waals surface area (Å²) in [6.45, 7) is 11.8. The summed E-state index contributed by atoms with van der Waals surface area (Å²) in [5.74, 6) is 2.40. The number of hydrogen-bond acceptors (Lipinski definition) is 5. The molecular weight excluding hydrogens is 238 g/mol. The Labute approximate surface area is 115 Å². The van der Waals surface area contributed by atoms with Crippen molar-refractivity contribution in [3.05, 3.63) is 11.8 Å². The Kier molecular flexibility index (Phi) is 4.96. The van der Waals surface area contributed by atoms with Gasteiger partial charge in [-0.15, -0.1) is 0 Å². The van der Waals surface area contributed by atoms with Gasteiger partial charge in [-0.3, -0.25) is 0 Å². The molecular formula is C14H25N5. The van der Waals surface area contributed by atoms with E-state index in [2.05, 4.69) is 32.4 Å². The van der Waals surface area contributed by atoms with Gasteiger partial charge < -0.3 is 15.5 Å². The van der Waals surface area contributed by atoms with Crippen LogP contribution >= 0.6 is 0 Å². The molecule has 1 aliphatic rings. The van der Waals surface area contributed by atoms with Crippen molar-refractivity contribution >= 4 is 11.8 Å². The number of aromatic nitrogens is 2. The number of hydrogen-bond donors (Lipinski definition) is 2. The Morgan fingerprint density at radius 1 is 1.37 bits per heavy atom. The molecule has 1 unspecified atom stereocenters. The first-order valence-corrected chi connectivity index (χ1v) is 7.26. The highest BCUT2D eigenvalue weighted by Gasteiger charge is 2.21. The fourth-order valence-electron chi connectivity index (χ4n) is 2.47. The van der Waals surface area contributed by atoms with Crippen molar-refractivity contribution in [1.29, 1.82) is 0 Å². The van der Waals surface area contributed by atoms with Gasteiger partial charge in [0.15, 0.2) is 0 Å². The number of aryl methyl sites for hydroxylation is 1. The number of nitrogens with one attached hydrogen (secondary N) is 2. The lowest BCUT2D eigenvalue weighted by Gasteiger charge is -2.15. The zero-order valence-electron chi connectivity index (χ0n) is 12.2. The number of rotatable bonds is 6. The van der Waals surface area contributed by atoms with Crippen LogP contribution in [0.15, 0.2) is 6.20 Å². The van der Waals surface area contributed by atoms with Crippen LogP contribution in [0.2, 0.25) is 0 Å². The zero-order chi connectivity index (χ0) is 13.7. The second kappa shape index (κ2) is 6.70. The van der Waals surface area contributed by atoms with Gasteiger partial charge in [0.2, 0.25) is 5.95 Å². The predicted molar refractivity (Wildman–Crippen MR) is 79.6 cm³/mol. The van der Waals surface area contributed by atoms with Crippen LogP contribution in [0.3, 0.4) is 0 Å². The van der Waals surface area contributed by atoms with Crippen molar-refractivity contribution in [3.8, 4) is 0 Å². The zero-order valence-corrected chi connectivity index (χ0v) is 12.2. The van der Waals surface area contributed by atoms with E-state index in [1.807, 2.05) is 20.0 Å². The van der Waals surface area contributed by atoms with Crippen molar-refractivity contribution in [2.75, 3.05) is 43.4 Å². The van der Waals surface area contributed by atoms with Crippen molar-refractivity contribution in [2.24, 2.45) is 5.92 Å². The smallest absolute Gasteiger partial charge is 0.224 e. The van der Waals surface area contributed by atoms with E-state index in [-0.39, 0.29) is 0 Å². The topological polar surface area (TPSA) is 53.1 Å². The average Bonchev–Trinajstić information content (AvgIpc) is 2.88. The van der Waals surface area contributed by atoms with Gasteiger partial charge >= 0.3 is 0 Å². The summed E-state index contributed by atoms with van der Waals surface area (Å²) >= 11 is 0. The first kappa shape index (κ1) is 14.1. The van der Waals surface area contributed by atoms with E-state index in [0.29, 0.717) is 5.95 Å². The molecule has 106 valence electrons. The van der Waals surface area contributed by atoms with Crippen LogP contribution in [0, 0.1) is 12.8 Å². The van der Waals surface area contributed by atoms with E-state index in [1.165, 1.54) is 19.5 Å². The Hall–Kier alpha value is -1.36. The molecule has 0 spiro atoms. The summed E-state index contributed by atoms with van der Waals surface area (Å²) in [6, 6.07) is 0. The first-order valence-electron chi connectivity index (χ1n) is 7.26. The van der Waals surface area contributed by atoms with E-state index in [0.717, 1.165) is 36.9 Å².